The van der Waals surface area contributed by atoms with Gasteiger partial charge in [0, 0.05) is 86.4 Å². The van der Waals surface area contributed by atoms with Gasteiger partial charge in [-0.2, -0.15) is 5.26 Å². The molecule has 0 saturated carbocycles. The Labute approximate surface area is 520 Å². The molecule has 8 bridgehead atoms. The molecule has 9 heteroatoms. The molecule has 9 rings (SSSR count). The van der Waals surface area contributed by atoms with E-state index in [-0.39, 0.29) is 50.8 Å². The summed E-state index contributed by atoms with van der Waals surface area (Å²) in [6.07, 6.45) is 48.7. The van der Waals surface area contributed by atoms with Crippen LogP contribution in [-0.4, -0.2) is 27.2 Å². The second kappa shape index (κ2) is 35.7. The first-order chi connectivity index (χ1) is 42.6. The Balaban J connectivity index is 1.20. The van der Waals surface area contributed by atoms with E-state index in [1.807, 2.05) is 0 Å². The van der Waals surface area contributed by atoms with Crippen molar-refractivity contribution in [1.82, 2.24) is 0 Å². The average molecular weight is 1180 g/mol. The normalized spacial score (nSPS) is 17.6. The first-order valence-electron chi connectivity index (χ1n) is 35.7. The van der Waals surface area contributed by atoms with Crippen molar-refractivity contribution in [3.63, 3.8) is 0 Å². The Kier molecular flexibility index (Phi) is 27.1. The number of rotatable bonds is 40. The fourth-order valence-corrected chi connectivity index (χ4v) is 15.0. The molecular formula is C77H111NO8. The minimum Gasteiger partial charge on any atom is -0.457 e. The number of ether oxygens (including phenoxy) is 8. The van der Waals surface area contributed by atoms with Crippen LogP contribution in [0.3, 0.4) is 0 Å². The second-order valence-electron chi connectivity index (χ2n) is 26.3. The minimum atomic E-state index is -0.131. The van der Waals surface area contributed by atoms with E-state index in [1.165, 1.54) is 215 Å². The Hall–Kier alpha value is -5.23. The lowest BCUT2D eigenvalue weighted by atomic mass is 9.75. The van der Waals surface area contributed by atoms with Gasteiger partial charge in [-0.25, -0.2) is 0 Å². The standard InChI is InChI=1S/C77H111NO8/c1-5-9-13-17-21-25-29-33-37-41-57-61-45-62-58(42-38-34-30-26-22-18-14-10-6-2)64-47-66-60(44-40-36-32-28-24-20-16-12-8-4)68-48-67-59(43-39-35-31-27-23-19-15-11-7-3)65-46-63(57)72-50-74(65)83-55-85-76(67)69(52-78)77(68)86-56-84-75(66)51-73(64)82-54-80-71(62)49-70(61)79-53-81-72/h45-51,57-60H,5-44,53-56H2,1-4H3. The summed E-state index contributed by atoms with van der Waals surface area (Å²) in [5, 5.41) is 11.6. The smallest absolute Gasteiger partial charge is 0.230 e. The molecule has 0 N–H and O–H groups in total. The summed E-state index contributed by atoms with van der Waals surface area (Å²) in [7, 11) is 0. The highest BCUT2D eigenvalue weighted by Gasteiger charge is 2.39. The summed E-state index contributed by atoms with van der Waals surface area (Å²) in [5.41, 5.74) is 9.56. The predicted octanol–water partition coefficient (Wildman–Crippen LogP) is 23.0. The zero-order chi connectivity index (χ0) is 59.6. The molecule has 4 atom stereocenters. The lowest BCUT2D eigenvalue weighted by molar-refractivity contribution is 0.0981. The number of unbranched alkanes of at least 4 members (excludes halogenated alkanes) is 32. The second-order valence-corrected chi connectivity index (χ2v) is 26.3. The van der Waals surface area contributed by atoms with Gasteiger partial charge < -0.3 is 37.9 Å². The molecule has 4 unspecified atom stereocenters. The highest BCUT2D eigenvalue weighted by Crippen LogP contribution is 2.56. The number of nitrogens with zero attached hydrogens (tertiary/aromatic N) is 1. The number of hydrogen-bond acceptors (Lipinski definition) is 9. The van der Waals surface area contributed by atoms with Gasteiger partial charge in [-0.3, -0.25) is 0 Å². The van der Waals surface area contributed by atoms with E-state index in [0.29, 0.717) is 17.1 Å². The third kappa shape index (κ3) is 17.5. The van der Waals surface area contributed by atoms with Crippen LogP contribution >= 0.6 is 0 Å². The van der Waals surface area contributed by atoms with Crippen molar-refractivity contribution in [2.45, 2.75) is 308 Å². The van der Waals surface area contributed by atoms with Gasteiger partial charge in [0.15, 0.2) is 0 Å². The van der Waals surface area contributed by atoms with E-state index in [0.717, 1.165) is 121 Å². The average Bonchev–Trinajstić information content (AvgIpc) is 1.01. The molecule has 0 radical (unpaired) electrons. The van der Waals surface area contributed by atoms with E-state index in [1.54, 1.807) is 0 Å². The molecule has 0 spiro atoms. The molecule has 1 aliphatic carbocycles. The van der Waals surface area contributed by atoms with Gasteiger partial charge in [-0.05, 0) is 49.9 Å². The zero-order valence-corrected chi connectivity index (χ0v) is 54.2. The van der Waals surface area contributed by atoms with E-state index in [9.17, 15) is 5.26 Å². The molecule has 0 fully saturated rings. The first kappa shape index (κ1) is 65.2. The Morgan fingerprint density at radius 2 is 0.465 bits per heavy atom. The highest BCUT2D eigenvalue weighted by atomic mass is 16.7. The first-order valence-corrected chi connectivity index (χ1v) is 35.7. The van der Waals surface area contributed by atoms with E-state index < -0.39 is 0 Å². The van der Waals surface area contributed by atoms with Gasteiger partial charge >= 0.3 is 0 Å². The third-order valence-corrected chi connectivity index (χ3v) is 19.9. The number of nitriles is 1. The summed E-state index contributed by atoms with van der Waals surface area (Å²) in [5.74, 6) is 5.59. The largest absolute Gasteiger partial charge is 0.457 e. The molecule has 86 heavy (non-hydrogen) atoms. The molecule has 5 aliphatic rings. The molecule has 9 nitrogen and oxygen atoms in total. The summed E-state index contributed by atoms with van der Waals surface area (Å²) in [6, 6.07) is 19.0. The quantitative estimate of drug-likeness (QED) is 0.0403. The molecule has 0 aromatic heterocycles. The van der Waals surface area contributed by atoms with Crippen molar-refractivity contribution in [3.05, 3.63) is 92.5 Å². The third-order valence-electron chi connectivity index (χ3n) is 19.9. The summed E-state index contributed by atoms with van der Waals surface area (Å²) in [6.45, 7) is 9.18. The summed E-state index contributed by atoms with van der Waals surface area (Å²) in [4.78, 5) is 0. The van der Waals surface area contributed by atoms with Crippen molar-refractivity contribution in [3.8, 4) is 52.1 Å². The van der Waals surface area contributed by atoms with Crippen LogP contribution in [0.1, 0.15) is 358 Å². The predicted molar refractivity (Wildman–Crippen MR) is 350 cm³/mol. The molecule has 4 heterocycles. The maximum Gasteiger partial charge on any atom is 0.230 e. The van der Waals surface area contributed by atoms with Crippen LogP contribution in [0, 0.1) is 11.3 Å². The molecule has 0 saturated heterocycles. The van der Waals surface area contributed by atoms with Crippen LogP contribution in [0.15, 0.2) is 42.5 Å². The van der Waals surface area contributed by atoms with Crippen LogP contribution in [0.4, 0.5) is 0 Å². The van der Waals surface area contributed by atoms with Crippen LogP contribution in [0.5, 0.6) is 46.0 Å². The maximum absolute atomic E-state index is 11.6. The van der Waals surface area contributed by atoms with Crippen molar-refractivity contribution in [2.75, 3.05) is 27.2 Å². The van der Waals surface area contributed by atoms with Crippen molar-refractivity contribution < 1.29 is 37.9 Å². The van der Waals surface area contributed by atoms with Crippen LogP contribution < -0.4 is 37.9 Å². The Morgan fingerprint density at radius 1 is 0.267 bits per heavy atom. The van der Waals surface area contributed by atoms with Gasteiger partial charge in [0.2, 0.25) is 27.2 Å². The van der Waals surface area contributed by atoms with Crippen LogP contribution in [0.25, 0.3) is 0 Å². The SMILES string of the molecule is CCCCCCCCCCCC1c2cc3c4cc2OCOc2cc5c(cc21)C(CCCCCCCCCCC)c1cc2c(c(C#N)c1OCO5)OCOc1cc(c(cc1C2CCCCCCCCCCC)C3CCCCCCCCCCC)OCO4. The summed E-state index contributed by atoms with van der Waals surface area (Å²) >= 11 is 0. The molecule has 4 aliphatic heterocycles. The zero-order valence-electron chi connectivity index (χ0n) is 54.2. The number of benzene rings is 4. The highest BCUT2D eigenvalue weighted by molar-refractivity contribution is 5.68. The maximum atomic E-state index is 11.6. The van der Waals surface area contributed by atoms with Crippen molar-refractivity contribution in [2.24, 2.45) is 0 Å². The van der Waals surface area contributed by atoms with Gasteiger partial charge in [0.1, 0.15) is 57.6 Å². The lowest BCUT2D eigenvalue weighted by Crippen LogP contribution is -2.23. The molecular weight excluding hydrogens is 1070 g/mol. The topological polar surface area (TPSA) is 97.6 Å². The van der Waals surface area contributed by atoms with Gasteiger partial charge in [0.05, 0.1) is 0 Å². The van der Waals surface area contributed by atoms with Crippen LogP contribution in [0.2, 0.25) is 0 Å². The summed E-state index contributed by atoms with van der Waals surface area (Å²) < 4.78 is 54.5. The Bertz CT molecular complexity index is 2560. The molecule has 4 aromatic carbocycles. The lowest BCUT2D eigenvalue weighted by Gasteiger charge is -2.35. The fourth-order valence-electron chi connectivity index (χ4n) is 15.0. The van der Waals surface area contributed by atoms with E-state index >= 15 is 0 Å². The fraction of sp³-hybridized carbons (Fsp3) is 0.675. The van der Waals surface area contributed by atoms with E-state index in [4.69, 9.17) is 37.9 Å². The van der Waals surface area contributed by atoms with Crippen molar-refractivity contribution >= 4 is 0 Å². The monoisotopic (exact) mass is 1180 g/mol. The van der Waals surface area contributed by atoms with Crippen molar-refractivity contribution in [1.29, 1.82) is 5.26 Å². The van der Waals surface area contributed by atoms with E-state index in [2.05, 4.69) is 76.2 Å². The van der Waals surface area contributed by atoms with Gasteiger partial charge in [0.25, 0.3) is 0 Å². The minimum absolute atomic E-state index is 0.0314. The number of hydrogen-bond donors (Lipinski definition) is 0. The van der Waals surface area contributed by atoms with Gasteiger partial charge in [-0.15, -0.1) is 0 Å². The molecule has 0 amide bonds. The van der Waals surface area contributed by atoms with Crippen LogP contribution in [-0.2, 0) is 0 Å². The Morgan fingerprint density at radius 3 is 0.698 bits per heavy atom. The molecule has 4 aromatic rings. The molecule has 472 valence electrons. The van der Waals surface area contributed by atoms with Gasteiger partial charge in [-0.1, -0.05) is 259 Å².